The van der Waals surface area contributed by atoms with Gasteiger partial charge in [-0.25, -0.2) is 9.79 Å². The van der Waals surface area contributed by atoms with Crippen LogP contribution in [0.1, 0.15) is 12.8 Å². The van der Waals surface area contributed by atoms with Crippen LogP contribution in [0.25, 0.3) is 0 Å². The molecule has 0 aromatic rings. The quantitative estimate of drug-likeness (QED) is 0.378. The van der Waals surface area contributed by atoms with Crippen molar-refractivity contribution in [2.45, 2.75) is 12.8 Å². The third kappa shape index (κ3) is 3.75. The second kappa shape index (κ2) is 5.06. The summed E-state index contributed by atoms with van der Waals surface area (Å²) in [6, 6.07) is 0. The van der Waals surface area contributed by atoms with Gasteiger partial charge >= 0.3 is 5.97 Å². The molecule has 0 aromatic heterocycles. The van der Waals surface area contributed by atoms with Crippen LogP contribution in [0, 0.1) is 0 Å². The van der Waals surface area contributed by atoms with Crippen LogP contribution >= 0.6 is 0 Å². The van der Waals surface area contributed by atoms with Crippen LogP contribution in [0.3, 0.4) is 0 Å². The third-order valence-corrected chi connectivity index (χ3v) is 1.58. The van der Waals surface area contributed by atoms with Crippen molar-refractivity contribution in [1.82, 2.24) is 0 Å². The van der Waals surface area contributed by atoms with Gasteiger partial charge in [0.1, 0.15) is 12.3 Å². The van der Waals surface area contributed by atoms with E-state index in [-0.39, 0.29) is 12.5 Å². The van der Waals surface area contributed by atoms with Gasteiger partial charge < -0.3 is 16.2 Å². The smallest absolute Gasteiger partial charge is 0.333 e. The molecule has 0 aromatic carbocycles. The molecule has 0 radical (unpaired) electrons. The maximum Gasteiger partial charge on any atom is 0.333 e. The molecular weight excluding hydrogens is 182 g/mol. The normalized spacial score (nSPS) is 14.4. The van der Waals surface area contributed by atoms with Gasteiger partial charge in [-0.3, -0.25) is 0 Å². The number of guanidine groups is 1. The van der Waals surface area contributed by atoms with Gasteiger partial charge in [0, 0.05) is 0 Å². The summed E-state index contributed by atoms with van der Waals surface area (Å²) in [5, 5.41) is 0. The molecule has 0 fully saturated rings. The Hall–Kier alpha value is -1.78. The molecule has 0 amide bonds. The van der Waals surface area contributed by atoms with Gasteiger partial charge in [-0.2, -0.15) is 0 Å². The van der Waals surface area contributed by atoms with Crippen molar-refractivity contribution in [3.05, 3.63) is 24.0 Å². The number of hydrogen-bond donors (Lipinski definition) is 2. The largest absolute Gasteiger partial charge is 0.426 e. The van der Waals surface area contributed by atoms with E-state index >= 15 is 0 Å². The Labute approximate surface area is 82.1 Å². The van der Waals surface area contributed by atoms with Gasteiger partial charge in [-0.1, -0.05) is 6.08 Å². The molecule has 1 aliphatic rings. The molecule has 0 saturated heterocycles. The lowest BCUT2D eigenvalue weighted by molar-refractivity contribution is -0.137. The highest BCUT2D eigenvalue weighted by atomic mass is 16.5. The van der Waals surface area contributed by atoms with Crippen LogP contribution in [0.15, 0.2) is 29.0 Å². The van der Waals surface area contributed by atoms with Gasteiger partial charge in [0.2, 0.25) is 0 Å². The molecule has 4 N–H and O–H groups in total. The molecule has 0 spiro atoms. The van der Waals surface area contributed by atoms with E-state index in [2.05, 4.69) is 4.99 Å². The predicted octanol–water partition coefficient (Wildman–Crippen LogP) is 0.0369. The number of carbonyl (C=O) groups excluding carboxylic acids is 1. The van der Waals surface area contributed by atoms with Crippen molar-refractivity contribution in [2.24, 2.45) is 16.5 Å². The van der Waals surface area contributed by atoms with Crippen molar-refractivity contribution in [3.8, 4) is 0 Å². The summed E-state index contributed by atoms with van der Waals surface area (Å²) in [5.74, 6) is -0.0154. The Kier molecular flexibility index (Phi) is 3.72. The summed E-state index contributed by atoms with van der Waals surface area (Å²) in [6.45, 7) is -0.145. The van der Waals surface area contributed by atoms with Crippen molar-refractivity contribution >= 4 is 11.9 Å². The number of ether oxygens (including phenoxy) is 1. The highest BCUT2D eigenvalue weighted by Gasteiger charge is 2.05. The number of carbonyl (C=O) groups is 1. The van der Waals surface area contributed by atoms with Gasteiger partial charge in [0.25, 0.3) is 0 Å². The lowest BCUT2D eigenvalue weighted by Crippen LogP contribution is -2.24. The van der Waals surface area contributed by atoms with Gasteiger partial charge in [0.05, 0.1) is 0 Å². The summed E-state index contributed by atoms with van der Waals surface area (Å²) in [6.07, 6.45) is 7.43. The Bertz CT molecular complexity index is 301. The maximum absolute atomic E-state index is 11.1. The van der Waals surface area contributed by atoms with Crippen LogP contribution in [-0.4, -0.2) is 18.5 Å². The zero-order chi connectivity index (χ0) is 10.4. The van der Waals surface area contributed by atoms with Crippen molar-refractivity contribution < 1.29 is 9.53 Å². The minimum absolute atomic E-state index is 0.116. The topological polar surface area (TPSA) is 90.7 Å². The Morgan fingerprint density at radius 2 is 2.29 bits per heavy atom. The molecule has 0 bridgehead atoms. The number of aliphatic imine (C=N–C) groups is 1. The van der Waals surface area contributed by atoms with Gasteiger partial charge in [0.15, 0.2) is 5.96 Å². The van der Waals surface area contributed by atoms with Crippen LogP contribution in [0.4, 0.5) is 0 Å². The molecule has 1 aliphatic carbocycles. The standard InChI is InChI=1S/C9H13N3O2/c10-9(11)12-6-8(13)14-7-4-2-1-3-5-7/h2,4-5H,1,3,6H2,(H4,10,11,12). The lowest BCUT2D eigenvalue weighted by Gasteiger charge is -2.06. The molecule has 14 heavy (non-hydrogen) atoms. The van der Waals surface area contributed by atoms with Crippen LogP contribution in [0.5, 0.6) is 0 Å². The number of allylic oxidation sites excluding steroid dienone is 3. The highest BCUT2D eigenvalue weighted by molar-refractivity contribution is 5.80. The van der Waals surface area contributed by atoms with Gasteiger partial charge in [-0.05, 0) is 25.0 Å². The molecule has 76 valence electrons. The summed E-state index contributed by atoms with van der Waals surface area (Å²) in [5.41, 5.74) is 10.1. The third-order valence-electron chi connectivity index (χ3n) is 1.58. The molecule has 5 heteroatoms. The van der Waals surface area contributed by atoms with E-state index in [1.165, 1.54) is 0 Å². The van der Waals surface area contributed by atoms with Crippen LogP contribution < -0.4 is 11.5 Å². The number of rotatable bonds is 3. The average molecular weight is 195 g/mol. The van der Waals surface area contributed by atoms with Crippen molar-refractivity contribution in [3.63, 3.8) is 0 Å². The zero-order valence-electron chi connectivity index (χ0n) is 7.77. The van der Waals surface area contributed by atoms with E-state index in [9.17, 15) is 4.79 Å². The van der Waals surface area contributed by atoms with E-state index in [0.717, 1.165) is 12.8 Å². The van der Waals surface area contributed by atoms with E-state index < -0.39 is 5.97 Å². The Morgan fingerprint density at radius 3 is 2.86 bits per heavy atom. The fourth-order valence-electron chi connectivity index (χ4n) is 0.985. The van der Waals surface area contributed by atoms with Crippen LogP contribution in [0.2, 0.25) is 0 Å². The minimum atomic E-state index is -0.462. The van der Waals surface area contributed by atoms with Crippen LogP contribution in [-0.2, 0) is 9.53 Å². The molecule has 0 saturated carbocycles. The number of hydrogen-bond acceptors (Lipinski definition) is 3. The van der Waals surface area contributed by atoms with E-state index in [1.54, 1.807) is 6.08 Å². The van der Waals surface area contributed by atoms with Crippen molar-refractivity contribution in [1.29, 1.82) is 0 Å². The average Bonchev–Trinajstić information content (AvgIpc) is 2.16. The molecule has 0 aliphatic heterocycles. The van der Waals surface area contributed by atoms with E-state index in [4.69, 9.17) is 16.2 Å². The van der Waals surface area contributed by atoms with E-state index in [0.29, 0.717) is 5.76 Å². The molecule has 1 rings (SSSR count). The van der Waals surface area contributed by atoms with E-state index in [1.807, 2.05) is 12.2 Å². The fraction of sp³-hybridized carbons (Fsp3) is 0.333. The molecule has 0 atom stereocenters. The lowest BCUT2D eigenvalue weighted by atomic mass is 10.2. The monoisotopic (exact) mass is 195 g/mol. The Balaban J connectivity index is 2.37. The SMILES string of the molecule is NC(N)=NCC(=O)OC1=CCCC=C1. The first-order valence-corrected chi connectivity index (χ1v) is 4.31. The highest BCUT2D eigenvalue weighted by Crippen LogP contribution is 2.10. The molecular formula is C9H13N3O2. The maximum atomic E-state index is 11.1. The summed E-state index contributed by atoms with van der Waals surface area (Å²) >= 11 is 0. The first-order valence-electron chi connectivity index (χ1n) is 4.31. The zero-order valence-corrected chi connectivity index (χ0v) is 7.77. The van der Waals surface area contributed by atoms with Gasteiger partial charge in [-0.15, -0.1) is 0 Å². The first-order chi connectivity index (χ1) is 6.68. The second-order valence-corrected chi connectivity index (χ2v) is 2.80. The minimum Gasteiger partial charge on any atom is -0.426 e. The molecule has 0 unspecified atom stereocenters. The first kappa shape index (κ1) is 10.3. The predicted molar refractivity (Wildman–Crippen MR) is 53.2 cm³/mol. The summed E-state index contributed by atoms with van der Waals surface area (Å²) in [7, 11) is 0. The second-order valence-electron chi connectivity index (χ2n) is 2.80. The molecule has 0 heterocycles. The molecule has 5 nitrogen and oxygen atoms in total. The summed E-state index contributed by atoms with van der Waals surface area (Å²) < 4.78 is 4.96. The number of nitrogens with two attached hydrogens (primary N) is 2. The summed E-state index contributed by atoms with van der Waals surface area (Å²) in [4.78, 5) is 14.6. The number of esters is 1. The number of nitrogens with zero attached hydrogens (tertiary/aromatic N) is 1. The Morgan fingerprint density at radius 1 is 1.50 bits per heavy atom. The van der Waals surface area contributed by atoms with Crippen molar-refractivity contribution in [2.75, 3.05) is 6.54 Å². The fourth-order valence-corrected chi connectivity index (χ4v) is 0.985.